The number of H-pyrrole nitrogens is 1. The summed E-state index contributed by atoms with van der Waals surface area (Å²) in [6.45, 7) is 0.836. The van der Waals surface area contributed by atoms with Gasteiger partial charge in [-0.1, -0.05) is 30.3 Å². The molecule has 0 radical (unpaired) electrons. The minimum Gasteiger partial charge on any atom is -0.507 e. The lowest BCUT2D eigenvalue weighted by atomic mass is 9.94. The van der Waals surface area contributed by atoms with Crippen molar-refractivity contribution in [2.45, 2.75) is 6.04 Å². The topological polar surface area (TPSA) is 103 Å². The molecular formula is C25H25N3O5. The van der Waals surface area contributed by atoms with Crippen molar-refractivity contribution in [1.29, 1.82) is 0 Å². The molecule has 1 aliphatic rings. The molecular weight excluding hydrogens is 422 g/mol. The molecule has 2 N–H and O–H groups in total. The molecule has 8 heteroatoms. The molecule has 0 aliphatic carbocycles. The van der Waals surface area contributed by atoms with Gasteiger partial charge in [-0.15, -0.1) is 0 Å². The zero-order valence-electron chi connectivity index (χ0n) is 18.7. The Balaban J connectivity index is 1.86. The highest BCUT2D eigenvalue weighted by molar-refractivity contribution is 6.46. The lowest BCUT2D eigenvalue weighted by molar-refractivity contribution is -0.140. The van der Waals surface area contributed by atoms with E-state index in [1.54, 1.807) is 30.5 Å². The van der Waals surface area contributed by atoms with Gasteiger partial charge in [0.1, 0.15) is 5.76 Å². The third kappa shape index (κ3) is 4.01. The van der Waals surface area contributed by atoms with E-state index in [0.29, 0.717) is 29.8 Å². The lowest BCUT2D eigenvalue weighted by Crippen LogP contribution is -2.35. The molecule has 2 aromatic carbocycles. The predicted octanol–water partition coefficient (Wildman–Crippen LogP) is 2.94. The van der Waals surface area contributed by atoms with Crippen molar-refractivity contribution in [2.24, 2.45) is 0 Å². The van der Waals surface area contributed by atoms with Gasteiger partial charge in [-0.25, -0.2) is 4.79 Å². The number of carbonyl (C=O) groups excluding carboxylic acids is 3. The molecule has 3 aromatic rings. The van der Waals surface area contributed by atoms with Crippen LogP contribution in [0.15, 0.2) is 60.3 Å². The van der Waals surface area contributed by atoms with Crippen LogP contribution in [0.2, 0.25) is 0 Å². The Morgan fingerprint density at radius 1 is 1.12 bits per heavy atom. The van der Waals surface area contributed by atoms with E-state index < -0.39 is 23.7 Å². The fraction of sp³-hybridized carbons (Fsp3) is 0.240. The van der Waals surface area contributed by atoms with Crippen molar-refractivity contribution in [3.8, 4) is 0 Å². The molecule has 0 saturated carbocycles. The quantitative estimate of drug-likeness (QED) is 0.261. The predicted molar refractivity (Wildman–Crippen MR) is 124 cm³/mol. The molecule has 170 valence electrons. The summed E-state index contributed by atoms with van der Waals surface area (Å²) in [4.78, 5) is 44.4. The number of para-hydroxylation sites is 1. The van der Waals surface area contributed by atoms with Crippen molar-refractivity contribution in [3.05, 3.63) is 77.0 Å². The molecule has 1 atom stereocenters. The molecule has 33 heavy (non-hydrogen) atoms. The largest absolute Gasteiger partial charge is 0.507 e. The number of aromatic amines is 1. The summed E-state index contributed by atoms with van der Waals surface area (Å²) in [6, 6.07) is 13.1. The third-order valence-corrected chi connectivity index (χ3v) is 5.82. The fourth-order valence-corrected chi connectivity index (χ4v) is 4.10. The molecule has 0 spiro atoms. The maximum absolute atomic E-state index is 13.1. The monoisotopic (exact) mass is 447 g/mol. The van der Waals surface area contributed by atoms with Gasteiger partial charge in [-0.3, -0.25) is 9.59 Å². The molecule has 8 nitrogen and oxygen atoms in total. The number of rotatable bonds is 6. The SMILES string of the molecule is COC(=O)c1ccc([C@@H]2/C(=C(\O)c3c[nH]c4ccccc34)C(=O)C(=O)N2CCN(C)C)cc1. The van der Waals surface area contributed by atoms with Gasteiger partial charge >= 0.3 is 5.97 Å². The standard InChI is InChI=1S/C25H25N3O5/c1-27(2)12-13-28-21(15-8-10-16(11-9-15)25(32)33-3)20(23(30)24(28)31)22(29)18-14-26-19-7-5-4-6-17(18)19/h4-11,14,21,26,29H,12-13H2,1-3H3/b22-20+/t21-/m1/s1. The molecule has 1 aliphatic heterocycles. The van der Waals surface area contributed by atoms with Crippen LogP contribution >= 0.6 is 0 Å². The van der Waals surface area contributed by atoms with Crippen molar-refractivity contribution in [2.75, 3.05) is 34.3 Å². The van der Waals surface area contributed by atoms with E-state index in [4.69, 9.17) is 4.74 Å². The van der Waals surface area contributed by atoms with Crippen molar-refractivity contribution < 1.29 is 24.2 Å². The first-order chi connectivity index (χ1) is 15.8. The van der Waals surface area contributed by atoms with E-state index in [9.17, 15) is 19.5 Å². The smallest absolute Gasteiger partial charge is 0.337 e. The Morgan fingerprint density at radius 3 is 2.48 bits per heavy atom. The van der Waals surface area contributed by atoms with Crippen LogP contribution < -0.4 is 0 Å². The molecule has 1 amide bonds. The number of carbonyl (C=O) groups is 3. The number of methoxy groups -OCH3 is 1. The normalized spacial score (nSPS) is 17.8. The number of aliphatic hydroxyl groups excluding tert-OH is 1. The second-order valence-corrected chi connectivity index (χ2v) is 8.16. The summed E-state index contributed by atoms with van der Waals surface area (Å²) in [6.07, 6.45) is 1.63. The molecule has 1 aromatic heterocycles. The van der Waals surface area contributed by atoms with Gasteiger partial charge in [0.05, 0.1) is 24.3 Å². The number of ether oxygens (including phenoxy) is 1. The lowest BCUT2D eigenvalue weighted by Gasteiger charge is -2.26. The minimum absolute atomic E-state index is 0.0225. The van der Waals surface area contributed by atoms with E-state index in [0.717, 1.165) is 10.9 Å². The van der Waals surface area contributed by atoms with Gasteiger partial charge in [-0.2, -0.15) is 0 Å². The van der Waals surface area contributed by atoms with Gasteiger partial charge in [-0.05, 0) is 37.9 Å². The maximum atomic E-state index is 13.1. The molecule has 1 saturated heterocycles. The van der Waals surface area contributed by atoms with Crippen LogP contribution in [-0.2, 0) is 14.3 Å². The number of Topliss-reactive ketones (excluding diaryl/α,β-unsaturated/α-hetero) is 1. The second kappa shape index (κ2) is 8.91. The summed E-state index contributed by atoms with van der Waals surface area (Å²) < 4.78 is 4.76. The average molecular weight is 447 g/mol. The summed E-state index contributed by atoms with van der Waals surface area (Å²) >= 11 is 0. The number of fused-ring (bicyclic) bond motifs is 1. The molecule has 4 rings (SSSR count). The van der Waals surface area contributed by atoms with Crippen molar-refractivity contribution in [3.63, 3.8) is 0 Å². The number of aliphatic hydroxyl groups is 1. The van der Waals surface area contributed by atoms with E-state index in [2.05, 4.69) is 4.98 Å². The van der Waals surface area contributed by atoms with Crippen LogP contribution in [0.4, 0.5) is 0 Å². The number of aromatic nitrogens is 1. The van der Waals surface area contributed by atoms with Crippen LogP contribution in [0.25, 0.3) is 16.7 Å². The van der Waals surface area contributed by atoms with Crippen LogP contribution in [0.5, 0.6) is 0 Å². The molecule has 2 heterocycles. The Morgan fingerprint density at radius 2 is 1.82 bits per heavy atom. The van der Waals surface area contributed by atoms with E-state index >= 15 is 0 Å². The van der Waals surface area contributed by atoms with Gasteiger partial charge in [0.2, 0.25) is 0 Å². The minimum atomic E-state index is -0.787. The summed E-state index contributed by atoms with van der Waals surface area (Å²) in [7, 11) is 5.05. The van der Waals surface area contributed by atoms with Gasteiger partial charge in [0, 0.05) is 35.8 Å². The summed E-state index contributed by atoms with van der Waals surface area (Å²) in [5.74, 6) is -2.12. The number of ketones is 1. The highest BCUT2D eigenvalue weighted by Crippen LogP contribution is 2.40. The number of nitrogens with zero attached hydrogens (tertiary/aromatic N) is 2. The summed E-state index contributed by atoms with van der Waals surface area (Å²) in [5.41, 5.74) is 2.24. The van der Waals surface area contributed by atoms with E-state index in [-0.39, 0.29) is 11.3 Å². The number of hydrogen-bond donors (Lipinski definition) is 2. The summed E-state index contributed by atoms with van der Waals surface area (Å²) in [5, 5.41) is 12.0. The average Bonchev–Trinajstić information content (AvgIpc) is 3.36. The number of amides is 1. The first-order valence-electron chi connectivity index (χ1n) is 10.5. The number of esters is 1. The van der Waals surface area contributed by atoms with Crippen LogP contribution in [-0.4, -0.2) is 71.8 Å². The van der Waals surface area contributed by atoms with Crippen LogP contribution in [0.1, 0.15) is 27.5 Å². The molecule has 0 bridgehead atoms. The Hall–Kier alpha value is -3.91. The Labute approximate surface area is 191 Å². The molecule has 0 unspecified atom stereocenters. The number of hydrogen-bond acceptors (Lipinski definition) is 6. The van der Waals surface area contributed by atoms with Crippen LogP contribution in [0.3, 0.4) is 0 Å². The second-order valence-electron chi connectivity index (χ2n) is 8.16. The van der Waals surface area contributed by atoms with Gasteiger partial charge in [0.15, 0.2) is 0 Å². The number of nitrogens with one attached hydrogen (secondary N) is 1. The first-order valence-corrected chi connectivity index (χ1v) is 10.5. The maximum Gasteiger partial charge on any atom is 0.337 e. The Kier molecular flexibility index (Phi) is 6.02. The van der Waals surface area contributed by atoms with E-state index in [1.807, 2.05) is 43.3 Å². The highest BCUT2D eigenvalue weighted by atomic mass is 16.5. The number of benzene rings is 2. The first kappa shape index (κ1) is 22.3. The van der Waals surface area contributed by atoms with Crippen LogP contribution in [0, 0.1) is 0 Å². The van der Waals surface area contributed by atoms with Gasteiger partial charge in [0.25, 0.3) is 11.7 Å². The molecule has 1 fully saturated rings. The highest BCUT2D eigenvalue weighted by Gasteiger charge is 2.46. The zero-order chi connectivity index (χ0) is 23.7. The van der Waals surface area contributed by atoms with E-state index in [1.165, 1.54) is 12.0 Å². The van der Waals surface area contributed by atoms with Crippen molar-refractivity contribution in [1.82, 2.24) is 14.8 Å². The Bertz CT molecular complexity index is 1260. The number of likely N-dealkylation sites (N-methyl/N-ethyl adjacent to an activating group) is 1. The third-order valence-electron chi connectivity index (χ3n) is 5.82. The van der Waals surface area contributed by atoms with Crippen molar-refractivity contribution >= 4 is 34.3 Å². The zero-order valence-corrected chi connectivity index (χ0v) is 18.7. The number of likely N-dealkylation sites (tertiary alicyclic amines) is 1. The fourth-order valence-electron chi connectivity index (χ4n) is 4.10. The van der Waals surface area contributed by atoms with Gasteiger partial charge < -0.3 is 24.6 Å².